The van der Waals surface area contributed by atoms with Crippen molar-refractivity contribution in [3.63, 3.8) is 0 Å². The number of nitrogens with zero attached hydrogens (tertiary/aromatic N) is 4. The Bertz CT molecular complexity index is 1020. The maximum absolute atomic E-state index is 12.8. The normalized spacial score (nSPS) is 20.7. The zero-order valence-electron chi connectivity index (χ0n) is 16.1. The molecule has 3 aromatic rings. The number of carbonyl (C=O) groups is 1. The van der Waals surface area contributed by atoms with Gasteiger partial charge in [0.05, 0.1) is 23.3 Å². The summed E-state index contributed by atoms with van der Waals surface area (Å²) in [6.07, 6.45) is 5.64. The van der Waals surface area contributed by atoms with Gasteiger partial charge in [0.1, 0.15) is 5.82 Å². The van der Waals surface area contributed by atoms with Gasteiger partial charge in [-0.05, 0) is 49.4 Å². The predicted molar refractivity (Wildman–Crippen MR) is 110 cm³/mol. The third-order valence-electron chi connectivity index (χ3n) is 6.10. The van der Waals surface area contributed by atoms with Crippen LogP contribution < -0.4 is 4.90 Å². The monoisotopic (exact) mass is 372 g/mol. The van der Waals surface area contributed by atoms with E-state index < -0.39 is 0 Å². The van der Waals surface area contributed by atoms with E-state index >= 15 is 0 Å². The molecule has 5 heteroatoms. The van der Waals surface area contributed by atoms with E-state index in [1.165, 1.54) is 19.3 Å². The molecule has 2 aliphatic rings. The van der Waals surface area contributed by atoms with Gasteiger partial charge in [-0.25, -0.2) is 4.98 Å². The number of aromatic nitrogens is 2. The number of amides is 1. The largest absolute Gasteiger partial charge is 0.353 e. The van der Waals surface area contributed by atoms with Gasteiger partial charge in [0, 0.05) is 31.2 Å². The van der Waals surface area contributed by atoms with Crippen LogP contribution in [0.5, 0.6) is 0 Å². The topological polar surface area (TPSA) is 49.3 Å². The lowest BCUT2D eigenvalue weighted by atomic mass is 10.1. The van der Waals surface area contributed by atoms with Crippen LogP contribution in [0, 0.1) is 5.92 Å². The highest BCUT2D eigenvalue weighted by Crippen LogP contribution is 2.39. The average Bonchev–Trinajstić information content (AvgIpc) is 3.37. The van der Waals surface area contributed by atoms with Gasteiger partial charge in [-0.1, -0.05) is 24.3 Å². The second-order valence-electron chi connectivity index (χ2n) is 8.05. The predicted octanol–water partition coefficient (Wildman–Crippen LogP) is 3.89. The maximum Gasteiger partial charge on any atom is 0.255 e. The van der Waals surface area contributed by atoms with Crippen molar-refractivity contribution in [3.8, 4) is 0 Å². The number of carbonyl (C=O) groups excluding carboxylic acids is 1. The summed E-state index contributed by atoms with van der Waals surface area (Å²) in [7, 11) is 1.81. The van der Waals surface area contributed by atoms with Crippen molar-refractivity contribution in [1.82, 2.24) is 14.9 Å². The van der Waals surface area contributed by atoms with E-state index in [-0.39, 0.29) is 5.91 Å². The summed E-state index contributed by atoms with van der Waals surface area (Å²) in [5.74, 6) is 1.80. The fourth-order valence-electron chi connectivity index (χ4n) is 4.62. The lowest BCUT2D eigenvalue weighted by molar-refractivity contribution is 0.0783. The molecule has 3 heterocycles. The number of rotatable bonds is 4. The van der Waals surface area contributed by atoms with Crippen molar-refractivity contribution in [2.24, 2.45) is 5.92 Å². The number of anilines is 1. The summed E-state index contributed by atoms with van der Waals surface area (Å²) in [5.41, 5.74) is 2.45. The van der Waals surface area contributed by atoms with Crippen molar-refractivity contribution in [1.29, 1.82) is 0 Å². The first-order valence-corrected chi connectivity index (χ1v) is 10.0. The molecule has 5 nitrogen and oxygen atoms in total. The van der Waals surface area contributed by atoms with Crippen molar-refractivity contribution in [2.75, 3.05) is 18.5 Å². The minimum absolute atomic E-state index is 0.0306. The van der Waals surface area contributed by atoms with Crippen LogP contribution in [0.3, 0.4) is 0 Å². The molecular formula is C23H24N4O. The van der Waals surface area contributed by atoms with Gasteiger partial charge in [-0.15, -0.1) is 0 Å². The third-order valence-corrected chi connectivity index (χ3v) is 6.10. The van der Waals surface area contributed by atoms with Crippen LogP contribution in [0.4, 0.5) is 5.82 Å². The molecule has 142 valence electrons. The molecule has 1 saturated heterocycles. The lowest BCUT2D eigenvalue weighted by Crippen LogP contribution is -2.32. The fourth-order valence-corrected chi connectivity index (χ4v) is 4.62. The van der Waals surface area contributed by atoms with Crippen molar-refractivity contribution in [3.05, 3.63) is 66.0 Å². The van der Waals surface area contributed by atoms with E-state index in [2.05, 4.69) is 20.9 Å². The van der Waals surface area contributed by atoms with Crippen LogP contribution >= 0.6 is 0 Å². The zero-order valence-corrected chi connectivity index (χ0v) is 16.1. The number of hydrogen-bond donors (Lipinski definition) is 0. The smallest absolute Gasteiger partial charge is 0.255 e. The Morgan fingerprint density at radius 3 is 2.79 bits per heavy atom. The highest BCUT2D eigenvalue weighted by Gasteiger charge is 2.38. The van der Waals surface area contributed by atoms with Crippen LogP contribution in [-0.2, 0) is 6.54 Å². The van der Waals surface area contributed by atoms with Crippen LogP contribution in [0.1, 0.15) is 35.3 Å². The first kappa shape index (κ1) is 17.2. The van der Waals surface area contributed by atoms with E-state index in [0.29, 0.717) is 18.2 Å². The summed E-state index contributed by atoms with van der Waals surface area (Å²) < 4.78 is 0. The van der Waals surface area contributed by atoms with Gasteiger partial charge in [0.2, 0.25) is 0 Å². The molecule has 0 unspecified atom stereocenters. The number of benzene rings is 1. The first-order valence-electron chi connectivity index (χ1n) is 10.0. The standard InChI is InChI=1S/C23H24N4O/c1-26(15-19-9-7-17-4-2-3-5-21(17)25-19)23(28)18-8-11-22(24-13-18)27-14-16-6-10-20(27)12-16/h2-5,7-9,11,13,16,20H,6,10,12,14-15H2,1H3/t16-,20-/m0/s1. The summed E-state index contributed by atoms with van der Waals surface area (Å²) >= 11 is 0. The second-order valence-corrected chi connectivity index (χ2v) is 8.05. The molecule has 1 aliphatic heterocycles. The molecule has 1 aliphatic carbocycles. The van der Waals surface area contributed by atoms with Crippen molar-refractivity contribution < 1.29 is 4.79 Å². The summed E-state index contributed by atoms with van der Waals surface area (Å²) in [5, 5.41) is 1.11. The van der Waals surface area contributed by atoms with Gasteiger partial charge in [0.15, 0.2) is 0 Å². The van der Waals surface area contributed by atoms with Crippen molar-refractivity contribution in [2.45, 2.75) is 31.8 Å². The fraction of sp³-hybridized carbons (Fsp3) is 0.348. The molecule has 0 spiro atoms. The molecule has 5 rings (SSSR count). The highest BCUT2D eigenvalue weighted by atomic mass is 16.2. The van der Waals surface area contributed by atoms with E-state index in [0.717, 1.165) is 34.9 Å². The molecule has 2 fully saturated rings. The Morgan fingerprint density at radius 1 is 1.14 bits per heavy atom. The summed E-state index contributed by atoms with van der Waals surface area (Å²) in [6, 6.07) is 16.6. The molecule has 28 heavy (non-hydrogen) atoms. The highest BCUT2D eigenvalue weighted by molar-refractivity contribution is 5.94. The Labute approximate surface area is 165 Å². The van der Waals surface area contributed by atoms with E-state index in [9.17, 15) is 4.79 Å². The Hall–Kier alpha value is -2.95. The minimum Gasteiger partial charge on any atom is -0.353 e. The molecule has 2 aromatic heterocycles. The van der Waals surface area contributed by atoms with Gasteiger partial charge in [-0.3, -0.25) is 9.78 Å². The van der Waals surface area contributed by atoms with E-state index in [4.69, 9.17) is 0 Å². The van der Waals surface area contributed by atoms with Crippen LogP contribution in [0.2, 0.25) is 0 Å². The summed E-state index contributed by atoms with van der Waals surface area (Å²) in [6.45, 7) is 1.58. The van der Waals surface area contributed by atoms with Gasteiger partial charge in [0.25, 0.3) is 5.91 Å². The lowest BCUT2D eigenvalue weighted by Gasteiger charge is -2.28. The molecule has 1 saturated carbocycles. The van der Waals surface area contributed by atoms with E-state index in [1.807, 2.05) is 49.5 Å². The average molecular weight is 372 g/mol. The summed E-state index contributed by atoms with van der Waals surface area (Å²) in [4.78, 5) is 26.2. The quantitative estimate of drug-likeness (QED) is 0.697. The van der Waals surface area contributed by atoms with Crippen LogP contribution in [0.25, 0.3) is 10.9 Å². The number of piperidine rings is 1. The van der Waals surface area contributed by atoms with Gasteiger partial charge in [-0.2, -0.15) is 0 Å². The first-order chi connectivity index (χ1) is 13.7. The van der Waals surface area contributed by atoms with E-state index in [1.54, 1.807) is 11.1 Å². The Kier molecular flexibility index (Phi) is 4.23. The SMILES string of the molecule is CN(Cc1ccc2ccccc2n1)C(=O)c1ccc(N2C[C@H]3CC[C@H]2C3)nc1. The molecule has 1 amide bonds. The van der Waals surface area contributed by atoms with Gasteiger partial charge >= 0.3 is 0 Å². The Balaban J connectivity index is 1.28. The molecular weight excluding hydrogens is 348 g/mol. The van der Waals surface area contributed by atoms with Crippen LogP contribution in [-0.4, -0.2) is 40.4 Å². The van der Waals surface area contributed by atoms with Gasteiger partial charge < -0.3 is 9.80 Å². The van der Waals surface area contributed by atoms with Crippen molar-refractivity contribution >= 4 is 22.6 Å². The number of fused-ring (bicyclic) bond motifs is 3. The molecule has 0 N–H and O–H groups in total. The number of para-hydroxylation sites is 1. The van der Waals surface area contributed by atoms with Crippen LogP contribution in [0.15, 0.2) is 54.7 Å². The molecule has 0 radical (unpaired) electrons. The second kappa shape index (κ2) is 6.89. The Morgan fingerprint density at radius 2 is 2.04 bits per heavy atom. The minimum atomic E-state index is -0.0306. The molecule has 1 aromatic carbocycles. The molecule has 2 bridgehead atoms. The molecule has 2 atom stereocenters. The maximum atomic E-state index is 12.8. The number of hydrogen-bond acceptors (Lipinski definition) is 4. The zero-order chi connectivity index (χ0) is 19.1. The number of pyridine rings is 2. The third kappa shape index (κ3) is 3.11.